The summed E-state index contributed by atoms with van der Waals surface area (Å²) < 4.78 is 70.4. The first-order valence-electron chi connectivity index (χ1n) is 7.38. The van der Waals surface area contributed by atoms with E-state index in [2.05, 4.69) is 10.5 Å². The zero-order valence-electron chi connectivity index (χ0n) is 14.1. The van der Waals surface area contributed by atoms with E-state index in [1.807, 2.05) is 0 Å². The van der Waals surface area contributed by atoms with E-state index in [9.17, 15) is 26.4 Å². The summed E-state index contributed by atoms with van der Waals surface area (Å²) in [5, 5.41) is 5.83. The number of carbonyl (C=O) groups excluding carboxylic acids is 1. The number of sulfonamides is 1. The van der Waals surface area contributed by atoms with Crippen molar-refractivity contribution in [1.82, 2.24) is 14.8 Å². The van der Waals surface area contributed by atoms with Crippen LogP contribution in [0.15, 0.2) is 21.6 Å². The van der Waals surface area contributed by atoms with Crippen molar-refractivity contribution in [3.8, 4) is 0 Å². The summed E-state index contributed by atoms with van der Waals surface area (Å²) in [6.45, 7) is 2.60. The van der Waals surface area contributed by atoms with Gasteiger partial charge in [-0.25, -0.2) is 21.6 Å². The van der Waals surface area contributed by atoms with Gasteiger partial charge < -0.3 is 9.84 Å². The van der Waals surface area contributed by atoms with Crippen molar-refractivity contribution >= 4 is 15.9 Å². The van der Waals surface area contributed by atoms with Crippen LogP contribution in [0.2, 0.25) is 0 Å². The lowest BCUT2D eigenvalue weighted by Crippen LogP contribution is -2.36. The van der Waals surface area contributed by atoms with E-state index < -0.39 is 38.9 Å². The number of rotatable bonds is 6. The second kappa shape index (κ2) is 7.46. The SMILES string of the molecule is Cc1noc(C)c1S(=O)(=O)N(C)CCNC(=O)c1ccc(F)c(F)c1F. The van der Waals surface area contributed by atoms with Crippen molar-refractivity contribution in [3.05, 3.63) is 46.6 Å². The first-order valence-corrected chi connectivity index (χ1v) is 8.82. The minimum Gasteiger partial charge on any atom is -0.360 e. The third kappa shape index (κ3) is 3.73. The number of aromatic nitrogens is 1. The minimum absolute atomic E-state index is 0.0713. The number of nitrogens with zero attached hydrogens (tertiary/aromatic N) is 2. The summed E-state index contributed by atoms with van der Waals surface area (Å²) in [5.41, 5.74) is -0.484. The molecule has 0 atom stereocenters. The van der Waals surface area contributed by atoms with Crippen molar-refractivity contribution in [1.29, 1.82) is 0 Å². The number of halogens is 3. The zero-order chi connectivity index (χ0) is 19.6. The van der Waals surface area contributed by atoms with E-state index in [4.69, 9.17) is 4.52 Å². The molecule has 0 aliphatic rings. The van der Waals surface area contributed by atoms with Crippen LogP contribution in [0.5, 0.6) is 0 Å². The maximum atomic E-state index is 13.6. The molecule has 1 aromatic carbocycles. The second-order valence-corrected chi connectivity index (χ2v) is 7.44. The number of likely N-dealkylation sites (N-methyl/N-ethyl adjacent to an activating group) is 1. The van der Waals surface area contributed by atoms with Gasteiger partial charge in [0, 0.05) is 20.1 Å². The molecule has 0 unspecified atom stereocenters. The Balaban J connectivity index is 2.03. The monoisotopic (exact) mass is 391 g/mol. The molecule has 2 aromatic rings. The standard InChI is InChI=1S/C15H16F3N3O4S/c1-8-14(9(2)25-20-8)26(23,24)21(3)7-6-19-15(22)10-4-5-11(16)13(18)12(10)17/h4-5H,6-7H2,1-3H3,(H,19,22). The number of aryl methyl sites for hydroxylation is 2. The van der Waals surface area contributed by atoms with Gasteiger partial charge in [-0.3, -0.25) is 4.79 Å². The second-order valence-electron chi connectivity index (χ2n) is 5.46. The Morgan fingerprint density at radius 1 is 1.23 bits per heavy atom. The highest BCUT2D eigenvalue weighted by Gasteiger charge is 2.28. The van der Waals surface area contributed by atoms with Crippen LogP contribution in [0.3, 0.4) is 0 Å². The van der Waals surface area contributed by atoms with Crippen LogP contribution in [0, 0.1) is 31.3 Å². The van der Waals surface area contributed by atoms with Gasteiger partial charge in [0.05, 0.1) is 5.56 Å². The Hall–Kier alpha value is -2.40. The van der Waals surface area contributed by atoms with Gasteiger partial charge in [0.1, 0.15) is 10.6 Å². The number of nitrogens with one attached hydrogen (secondary N) is 1. The Kier molecular flexibility index (Phi) is 5.71. The van der Waals surface area contributed by atoms with E-state index in [1.165, 1.54) is 20.9 Å². The van der Waals surface area contributed by atoms with Gasteiger partial charge in [-0.1, -0.05) is 5.16 Å². The lowest BCUT2D eigenvalue weighted by molar-refractivity contribution is 0.0947. The molecule has 142 valence electrons. The molecule has 0 aliphatic carbocycles. The van der Waals surface area contributed by atoms with Crippen LogP contribution < -0.4 is 5.32 Å². The molecule has 2 rings (SSSR count). The van der Waals surface area contributed by atoms with E-state index in [0.717, 1.165) is 10.4 Å². The molecule has 0 aliphatic heterocycles. The molecule has 0 saturated carbocycles. The van der Waals surface area contributed by atoms with Gasteiger partial charge in [-0.05, 0) is 26.0 Å². The largest absolute Gasteiger partial charge is 0.360 e. The number of carbonyl (C=O) groups is 1. The Morgan fingerprint density at radius 3 is 2.46 bits per heavy atom. The number of hydrogen-bond donors (Lipinski definition) is 1. The molecule has 1 N–H and O–H groups in total. The third-order valence-corrected chi connectivity index (χ3v) is 5.73. The molecule has 0 fully saturated rings. The Morgan fingerprint density at radius 2 is 1.88 bits per heavy atom. The summed E-state index contributed by atoms with van der Waals surface area (Å²) in [4.78, 5) is 11.8. The van der Waals surface area contributed by atoms with Crippen molar-refractivity contribution in [2.45, 2.75) is 18.7 Å². The molecule has 26 heavy (non-hydrogen) atoms. The summed E-state index contributed by atoms with van der Waals surface area (Å²) in [5.74, 6) is -5.65. The minimum atomic E-state index is -3.90. The Bertz CT molecular complexity index is 924. The van der Waals surface area contributed by atoms with Crippen LogP contribution in [0.4, 0.5) is 13.2 Å². The maximum Gasteiger partial charge on any atom is 0.254 e. The summed E-state index contributed by atoms with van der Waals surface area (Å²) >= 11 is 0. The first-order chi connectivity index (χ1) is 12.1. The number of benzene rings is 1. The number of amides is 1. The molecular weight excluding hydrogens is 375 g/mol. The van der Waals surface area contributed by atoms with E-state index in [1.54, 1.807) is 0 Å². The highest BCUT2D eigenvalue weighted by atomic mass is 32.2. The molecule has 0 spiro atoms. The van der Waals surface area contributed by atoms with Gasteiger partial charge in [0.2, 0.25) is 10.0 Å². The number of hydrogen-bond acceptors (Lipinski definition) is 5. The zero-order valence-corrected chi connectivity index (χ0v) is 15.0. The topological polar surface area (TPSA) is 92.5 Å². The lowest BCUT2D eigenvalue weighted by atomic mass is 10.2. The predicted octanol–water partition coefficient (Wildman–Crippen LogP) is 1.76. The fourth-order valence-electron chi connectivity index (χ4n) is 2.24. The lowest BCUT2D eigenvalue weighted by Gasteiger charge is -2.17. The maximum absolute atomic E-state index is 13.6. The van der Waals surface area contributed by atoms with Gasteiger partial charge in [0.15, 0.2) is 23.2 Å². The predicted molar refractivity (Wildman–Crippen MR) is 84.4 cm³/mol. The molecule has 1 heterocycles. The summed E-state index contributed by atoms with van der Waals surface area (Å²) in [7, 11) is -2.61. The molecule has 0 bridgehead atoms. The van der Waals surface area contributed by atoms with Crippen LogP contribution in [0.25, 0.3) is 0 Å². The van der Waals surface area contributed by atoms with Crippen molar-refractivity contribution < 1.29 is 30.9 Å². The van der Waals surface area contributed by atoms with Crippen molar-refractivity contribution in [3.63, 3.8) is 0 Å². The normalized spacial score (nSPS) is 11.8. The quantitative estimate of drug-likeness (QED) is 0.758. The molecule has 0 saturated heterocycles. The van der Waals surface area contributed by atoms with Crippen LogP contribution in [-0.4, -0.2) is 43.9 Å². The third-order valence-electron chi connectivity index (χ3n) is 3.63. The average molecular weight is 391 g/mol. The van der Waals surface area contributed by atoms with E-state index in [0.29, 0.717) is 6.07 Å². The van der Waals surface area contributed by atoms with Crippen LogP contribution in [-0.2, 0) is 10.0 Å². The fourth-order valence-corrected chi connectivity index (χ4v) is 3.70. The van der Waals surface area contributed by atoms with Crippen molar-refractivity contribution in [2.75, 3.05) is 20.1 Å². The van der Waals surface area contributed by atoms with Gasteiger partial charge in [-0.15, -0.1) is 0 Å². The molecule has 7 nitrogen and oxygen atoms in total. The average Bonchev–Trinajstić information content (AvgIpc) is 2.91. The highest BCUT2D eigenvalue weighted by Crippen LogP contribution is 2.22. The van der Waals surface area contributed by atoms with Crippen LogP contribution >= 0.6 is 0 Å². The molecule has 1 amide bonds. The molecule has 11 heteroatoms. The van der Waals surface area contributed by atoms with Gasteiger partial charge in [-0.2, -0.15) is 4.31 Å². The Labute approximate surface area is 147 Å². The molecule has 0 radical (unpaired) electrons. The van der Waals surface area contributed by atoms with Gasteiger partial charge >= 0.3 is 0 Å². The smallest absolute Gasteiger partial charge is 0.254 e. The first kappa shape index (κ1) is 19.9. The van der Waals surface area contributed by atoms with Crippen LogP contribution in [0.1, 0.15) is 21.8 Å². The van der Waals surface area contributed by atoms with E-state index in [-0.39, 0.29) is 29.4 Å². The fraction of sp³-hybridized carbons (Fsp3) is 0.333. The highest BCUT2D eigenvalue weighted by molar-refractivity contribution is 7.89. The van der Waals surface area contributed by atoms with Gasteiger partial charge in [0.25, 0.3) is 5.91 Å². The summed E-state index contributed by atoms with van der Waals surface area (Å²) in [6.07, 6.45) is 0. The van der Waals surface area contributed by atoms with Crippen molar-refractivity contribution in [2.24, 2.45) is 0 Å². The van der Waals surface area contributed by atoms with E-state index >= 15 is 0 Å². The molecular formula is C15H16F3N3O4S. The molecule has 1 aromatic heterocycles. The summed E-state index contributed by atoms with van der Waals surface area (Å²) in [6, 6.07) is 1.43.